The van der Waals surface area contributed by atoms with Gasteiger partial charge in [0.25, 0.3) is 0 Å². The lowest BCUT2D eigenvalue weighted by molar-refractivity contribution is -0.154. The highest BCUT2D eigenvalue weighted by Crippen LogP contribution is 2.53. The van der Waals surface area contributed by atoms with E-state index in [1.807, 2.05) is 69.2 Å². The monoisotopic (exact) mass is 776 g/mol. The third kappa shape index (κ3) is 6.66. The Balaban J connectivity index is 1.68. The maximum absolute atomic E-state index is 12.8. The van der Waals surface area contributed by atoms with Crippen molar-refractivity contribution >= 4 is 76.4 Å². The second-order valence-corrected chi connectivity index (χ2v) is 38.8. The highest BCUT2D eigenvalue weighted by Gasteiger charge is 2.81. The van der Waals surface area contributed by atoms with Crippen LogP contribution in [0.4, 0.5) is 0 Å². The van der Waals surface area contributed by atoms with Gasteiger partial charge in [0.05, 0.1) is 12.0 Å². The first-order chi connectivity index (χ1) is 21.1. The zero-order chi connectivity index (χ0) is 33.0. The largest absolute Gasteiger partial charge is 0.479 e. The zero-order valence-corrected chi connectivity index (χ0v) is 36.5. The van der Waals surface area contributed by atoms with Gasteiger partial charge in [-0.05, 0) is 26.7 Å². The minimum absolute atomic E-state index is 0.162. The molecule has 0 amide bonds. The summed E-state index contributed by atoms with van der Waals surface area (Å²) in [5, 5.41) is 0. The summed E-state index contributed by atoms with van der Waals surface area (Å²) in [4.78, 5) is 12.8. The summed E-state index contributed by atoms with van der Waals surface area (Å²) < 4.78 is 91.4. The van der Waals surface area contributed by atoms with E-state index in [0.29, 0.717) is 55.2 Å². The molecule has 0 radical (unpaired) electrons. The van der Waals surface area contributed by atoms with Crippen molar-refractivity contribution in [1.82, 2.24) is 0 Å². The lowest BCUT2D eigenvalue weighted by Crippen LogP contribution is -2.88. The Bertz CT molecular complexity index is 997. The van der Waals surface area contributed by atoms with Crippen LogP contribution < -0.4 is 0 Å². The minimum Gasteiger partial charge on any atom is -0.465 e. The molecule has 6 heterocycles. The Morgan fingerprint density at radius 2 is 0.711 bits per heavy atom. The van der Waals surface area contributed by atoms with Crippen LogP contribution in [-0.4, -0.2) is 83.0 Å². The first-order valence-electron chi connectivity index (χ1n) is 16.7. The van der Waals surface area contributed by atoms with E-state index in [9.17, 15) is 4.79 Å². The summed E-state index contributed by atoms with van der Waals surface area (Å²) in [5.41, 5.74) is -0.584. The minimum atomic E-state index is -3.87. The Morgan fingerprint density at radius 3 is 0.933 bits per heavy atom. The molecule has 0 saturated carbocycles. The molecule has 6 rings (SSSR count). The second-order valence-electron chi connectivity index (χ2n) is 12.6. The van der Waals surface area contributed by atoms with Gasteiger partial charge in [0.2, 0.25) is 0 Å². The lowest BCUT2D eigenvalue weighted by Gasteiger charge is -2.63. The van der Waals surface area contributed by atoms with E-state index < -0.39 is 75.9 Å². The van der Waals surface area contributed by atoms with Crippen LogP contribution in [0.3, 0.4) is 0 Å². The van der Waals surface area contributed by atoms with Crippen LogP contribution in [-0.2, 0) is 58.9 Å². The maximum atomic E-state index is 12.8. The van der Waals surface area contributed by atoms with Crippen LogP contribution in [0.5, 0.6) is 0 Å². The molecule has 0 aromatic heterocycles. The number of hydrogen-bond acceptors (Lipinski definition) is 14. The van der Waals surface area contributed by atoms with Crippen LogP contribution in [0.1, 0.15) is 82.1 Å². The average molecular weight is 777 g/mol. The fourth-order valence-electron chi connectivity index (χ4n) is 5.80. The molecule has 0 spiro atoms. The highest BCUT2D eigenvalue weighted by atomic mass is 28.6. The standard InChI is InChI=1S/C23H52O14Si8/c1-11-23(9,10)22(24)25-20-19-21-45-35-42(16-6)29-39(13-3)26-38(12-2)27-40(14-4,31-42)33-44(18-8,37-45)34-41(15-5,28-38)32-43(17-7,30-39)36-45/h11-21H2,1-10H3. The Hall–Kier alpha value is 0.725. The van der Waals surface area contributed by atoms with Crippen LogP contribution in [0.15, 0.2) is 0 Å². The van der Waals surface area contributed by atoms with E-state index >= 15 is 0 Å². The second kappa shape index (κ2) is 12.8. The number of carbonyl (C=O) groups is 1. The average Bonchev–Trinajstić information content (AvgIpc) is 2.98. The quantitative estimate of drug-likeness (QED) is 0.136. The number of carbonyl (C=O) groups excluding carboxylic acids is 1. The normalized spacial score (nSPS) is 45.8. The van der Waals surface area contributed by atoms with Gasteiger partial charge >= 0.3 is 76.4 Å². The highest BCUT2D eigenvalue weighted by molar-refractivity contribution is 7.03. The molecule has 14 nitrogen and oxygen atoms in total. The van der Waals surface area contributed by atoms with Crippen molar-refractivity contribution in [3.8, 4) is 0 Å². The fourth-order valence-corrected chi connectivity index (χ4v) is 55.5. The van der Waals surface area contributed by atoms with Gasteiger partial charge in [0, 0.05) is 48.4 Å². The van der Waals surface area contributed by atoms with Gasteiger partial charge < -0.3 is 54.1 Å². The molecule has 0 unspecified atom stereocenters. The number of rotatable bonds is 13. The SMILES string of the molecule is CCC(C)(C)C(=O)OCCC[Si]12O[Si]3(CC)O[Si]4(CC)O[Si]5(CC)O[Si](CC)(O3)O[Si](CC)(O[Si](CC)(O5)O[Si](CC)(O4)O1)O2. The first-order valence-corrected chi connectivity index (χ1v) is 32.1. The zero-order valence-electron chi connectivity index (χ0n) is 28.5. The number of ether oxygens (including phenoxy) is 1. The van der Waals surface area contributed by atoms with Gasteiger partial charge in [0.1, 0.15) is 0 Å². The molecule has 0 aromatic carbocycles. The van der Waals surface area contributed by atoms with Gasteiger partial charge in [-0.15, -0.1) is 0 Å². The Morgan fingerprint density at radius 1 is 0.467 bits per heavy atom. The summed E-state index contributed by atoms with van der Waals surface area (Å²) in [6, 6.07) is 3.09. The number of esters is 1. The van der Waals surface area contributed by atoms with Crippen LogP contribution in [0.2, 0.25) is 48.4 Å². The van der Waals surface area contributed by atoms with Crippen molar-refractivity contribution < 1.29 is 58.9 Å². The topological polar surface area (TPSA) is 137 Å². The third-order valence-corrected chi connectivity index (χ3v) is 45.9. The van der Waals surface area contributed by atoms with Gasteiger partial charge in [-0.3, -0.25) is 4.79 Å². The summed E-state index contributed by atoms with van der Waals surface area (Å²) in [5.74, 6) is -0.254. The van der Waals surface area contributed by atoms with Crippen LogP contribution >= 0.6 is 0 Å². The summed E-state index contributed by atoms with van der Waals surface area (Å²) in [6.07, 6.45) is 1.08. The molecule has 0 N–H and O–H groups in total. The molecule has 8 bridgehead atoms. The van der Waals surface area contributed by atoms with E-state index in [1.54, 1.807) is 0 Å². The van der Waals surface area contributed by atoms with Crippen molar-refractivity contribution in [3.05, 3.63) is 0 Å². The molecule has 6 saturated heterocycles. The molecule has 45 heavy (non-hydrogen) atoms. The van der Waals surface area contributed by atoms with Crippen LogP contribution in [0.25, 0.3) is 0 Å². The molecular formula is C23H52O14Si8. The molecule has 22 heteroatoms. The van der Waals surface area contributed by atoms with Gasteiger partial charge in [0.15, 0.2) is 0 Å². The lowest BCUT2D eigenvalue weighted by atomic mass is 9.91. The van der Waals surface area contributed by atoms with E-state index in [0.717, 1.165) is 0 Å². The van der Waals surface area contributed by atoms with E-state index in [2.05, 4.69) is 0 Å². The smallest absolute Gasteiger partial charge is 0.465 e. The Kier molecular flexibility index (Phi) is 10.5. The fraction of sp³-hybridized carbons (Fsp3) is 0.957. The molecular weight excluding hydrogens is 725 g/mol. The first kappa shape index (κ1) is 37.0. The van der Waals surface area contributed by atoms with Crippen molar-refractivity contribution in [2.45, 2.75) is 130 Å². The summed E-state index contributed by atoms with van der Waals surface area (Å²) in [7, 11) is -29.7. The molecule has 0 atom stereocenters. The summed E-state index contributed by atoms with van der Waals surface area (Å²) in [6.45, 7) is 19.7. The van der Waals surface area contributed by atoms with Gasteiger partial charge in [-0.25, -0.2) is 0 Å². The van der Waals surface area contributed by atoms with Gasteiger partial charge in [-0.1, -0.05) is 55.4 Å². The molecule has 0 aliphatic carbocycles. The van der Waals surface area contributed by atoms with Crippen molar-refractivity contribution in [2.75, 3.05) is 6.61 Å². The van der Waals surface area contributed by atoms with E-state index in [-0.39, 0.29) is 18.6 Å². The van der Waals surface area contributed by atoms with Crippen molar-refractivity contribution in [2.24, 2.45) is 5.41 Å². The third-order valence-electron chi connectivity index (χ3n) is 9.06. The molecule has 260 valence electrons. The van der Waals surface area contributed by atoms with Gasteiger partial charge in [-0.2, -0.15) is 0 Å². The maximum Gasteiger partial charge on any atom is 0.479 e. The molecule has 6 aliphatic rings. The van der Waals surface area contributed by atoms with E-state index in [1.165, 1.54) is 0 Å². The summed E-state index contributed by atoms with van der Waals surface area (Å²) >= 11 is 0. The predicted molar refractivity (Wildman–Crippen MR) is 177 cm³/mol. The van der Waals surface area contributed by atoms with Crippen LogP contribution in [0, 0.1) is 5.41 Å². The molecule has 6 fully saturated rings. The molecule has 0 aromatic rings. The van der Waals surface area contributed by atoms with E-state index in [4.69, 9.17) is 54.1 Å². The Labute approximate surface area is 276 Å². The molecule has 6 aliphatic heterocycles. The van der Waals surface area contributed by atoms with Crippen molar-refractivity contribution in [1.29, 1.82) is 0 Å². The predicted octanol–water partition coefficient (Wildman–Crippen LogP) is 5.27. The van der Waals surface area contributed by atoms with Crippen molar-refractivity contribution in [3.63, 3.8) is 0 Å². The number of hydrogen-bond donors (Lipinski definition) is 0.